The molecule has 0 spiro atoms. The summed E-state index contributed by atoms with van der Waals surface area (Å²) in [6.45, 7) is 1.39. The topological polar surface area (TPSA) is 71.5 Å². The fourth-order valence-electron chi connectivity index (χ4n) is 2.60. The largest absolute Gasteiger partial charge is 0.478 e. The highest BCUT2D eigenvalue weighted by atomic mass is 16.7. The van der Waals surface area contributed by atoms with Gasteiger partial charge in [0, 0.05) is 29.6 Å². The van der Waals surface area contributed by atoms with Crippen molar-refractivity contribution in [2.24, 2.45) is 0 Å². The lowest BCUT2D eigenvalue weighted by atomic mass is 10.1. The number of ether oxygens (including phenoxy) is 2. The number of hydrogen-bond donors (Lipinski definition) is 2. The monoisotopic (exact) mass is 289 g/mol. The molecule has 1 fully saturated rings. The van der Waals surface area contributed by atoms with E-state index in [9.17, 15) is 4.79 Å². The molecule has 1 unspecified atom stereocenters. The van der Waals surface area contributed by atoms with Crippen LogP contribution in [0.5, 0.6) is 0 Å². The highest BCUT2D eigenvalue weighted by molar-refractivity contribution is 5.93. The van der Waals surface area contributed by atoms with E-state index in [-0.39, 0.29) is 6.29 Å². The van der Waals surface area contributed by atoms with Crippen LogP contribution in [0.15, 0.2) is 24.3 Å². The molecule has 5 heteroatoms. The van der Waals surface area contributed by atoms with Gasteiger partial charge in [0.05, 0.1) is 12.2 Å². The van der Waals surface area contributed by atoms with Crippen LogP contribution < -0.4 is 0 Å². The summed E-state index contributed by atoms with van der Waals surface area (Å²) in [5, 5.41) is 9.91. The third-order valence-corrected chi connectivity index (χ3v) is 3.74. The average molecular weight is 289 g/mol. The number of aromatic carboxylic acids is 1. The van der Waals surface area contributed by atoms with E-state index in [4.69, 9.17) is 14.6 Å². The van der Waals surface area contributed by atoms with E-state index in [1.165, 1.54) is 0 Å². The number of carbonyl (C=O) groups is 1. The number of hydrogen-bond acceptors (Lipinski definition) is 3. The highest BCUT2D eigenvalue weighted by Crippen LogP contribution is 2.19. The van der Waals surface area contributed by atoms with E-state index in [1.54, 1.807) is 18.2 Å². The number of rotatable bonds is 5. The van der Waals surface area contributed by atoms with E-state index < -0.39 is 5.97 Å². The van der Waals surface area contributed by atoms with Crippen molar-refractivity contribution in [3.8, 4) is 0 Å². The van der Waals surface area contributed by atoms with Gasteiger partial charge in [-0.2, -0.15) is 0 Å². The zero-order valence-corrected chi connectivity index (χ0v) is 11.8. The molecule has 3 rings (SSSR count). The maximum absolute atomic E-state index is 11.0. The van der Waals surface area contributed by atoms with Crippen molar-refractivity contribution in [1.29, 1.82) is 0 Å². The highest BCUT2D eigenvalue weighted by Gasteiger charge is 2.14. The number of carboxylic acid groups (broad SMARTS) is 1. The SMILES string of the molecule is O=C(O)c1ccc2[nH]c(CCOC3CCCCO3)cc2c1. The first kappa shape index (κ1) is 14.1. The van der Waals surface area contributed by atoms with Crippen molar-refractivity contribution in [3.63, 3.8) is 0 Å². The average Bonchev–Trinajstić information content (AvgIpc) is 2.90. The molecule has 21 heavy (non-hydrogen) atoms. The normalized spacial score (nSPS) is 19.0. The summed E-state index contributed by atoms with van der Waals surface area (Å²) in [4.78, 5) is 14.2. The quantitative estimate of drug-likeness (QED) is 0.887. The second-order valence-electron chi connectivity index (χ2n) is 5.32. The van der Waals surface area contributed by atoms with Crippen LogP contribution in [0.3, 0.4) is 0 Å². The molecule has 2 N–H and O–H groups in total. The number of nitrogens with one attached hydrogen (secondary N) is 1. The number of fused-ring (bicyclic) bond motifs is 1. The van der Waals surface area contributed by atoms with Crippen LogP contribution in [0.1, 0.15) is 35.3 Å². The van der Waals surface area contributed by atoms with Gasteiger partial charge in [-0.1, -0.05) is 0 Å². The predicted molar refractivity (Wildman–Crippen MR) is 78.5 cm³/mol. The molecule has 0 amide bonds. The Kier molecular flexibility index (Phi) is 4.22. The summed E-state index contributed by atoms with van der Waals surface area (Å²) < 4.78 is 11.2. The second kappa shape index (κ2) is 6.28. The summed E-state index contributed by atoms with van der Waals surface area (Å²) in [6, 6.07) is 7.07. The van der Waals surface area contributed by atoms with Gasteiger partial charge in [0.15, 0.2) is 6.29 Å². The van der Waals surface area contributed by atoms with Gasteiger partial charge < -0.3 is 19.6 Å². The second-order valence-corrected chi connectivity index (χ2v) is 5.32. The predicted octanol–water partition coefficient (Wildman–Crippen LogP) is 2.95. The molecule has 5 nitrogen and oxygen atoms in total. The van der Waals surface area contributed by atoms with Crippen LogP contribution in [-0.4, -0.2) is 35.6 Å². The van der Waals surface area contributed by atoms with Crippen molar-refractivity contribution in [2.45, 2.75) is 32.0 Å². The molecule has 0 saturated carbocycles. The molecule has 0 radical (unpaired) electrons. The van der Waals surface area contributed by atoms with Gasteiger partial charge in [0.1, 0.15) is 0 Å². The summed E-state index contributed by atoms with van der Waals surface area (Å²) in [7, 11) is 0. The van der Waals surface area contributed by atoms with E-state index in [2.05, 4.69) is 4.98 Å². The molecule has 112 valence electrons. The lowest BCUT2D eigenvalue weighted by Gasteiger charge is -2.22. The fraction of sp³-hybridized carbons (Fsp3) is 0.438. The molecular formula is C16H19NO4. The van der Waals surface area contributed by atoms with Gasteiger partial charge >= 0.3 is 5.97 Å². The Balaban J connectivity index is 1.60. The Morgan fingerprint density at radius 1 is 1.38 bits per heavy atom. The van der Waals surface area contributed by atoms with E-state index in [0.717, 1.165) is 48.9 Å². The zero-order valence-electron chi connectivity index (χ0n) is 11.8. The van der Waals surface area contributed by atoms with E-state index in [0.29, 0.717) is 12.2 Å². The lowest BCUT2D eigenvalue weighted by molar-refractivity contribution is -0.161. The molecule has 0 aliphatic carbocycles. The zero-order chi connectivity index (χ0) is 14.7. The minimum Gasteiger partial charge on any atom is -0.478 e. The lowest BCUT2D eigenvalue weighted by Crippen LogP contribution is -2.23. The Morgan fingerprint density at radius 3 is 3.05 bits per heavy atom. The molecule has 1 aromatic heterocycles. The summed E-state index contributed by atoms with van der Waals surface area (Å²) >= 11 is 0. The molecule has 2 heterocycles. The van der Waals surface area contributed by atoms with Gasteiger partial charge in [0.25, 0.3) is 0 Å². The molecule has 0 bridgehead atoms. The standard InChI is InChI=1S/C16H19NO4/c18-16(19)11-4-5-14-12(9-11)10-13(17-14)6-8-21-15-3-1-2-7-20-15/h4-5,9-10,15,17H,1-3,6-8H2,(H,18,19). The molecule has 1 aliphatic rings. The maximum atomic E-state index is 11.0. The van der Waals surface area contributed by atoms with Crippen LogP contribution in [0.4, 0.5) is 0 Å². The Labute approximate surface area is 122 Å². The van der Waals surface area contributed by atoms with Crippen LogP contribution in [0, 0.1) is 0 Å². The van der Waals surface area contributed by atoms with Crippen molar-refractivity contribution in [2.75, 3.05) is 13.2 Å². The summed E-state index contributed by atoms with van der Waals surface area (Å²) in [5.74, 6) is -0.905. The van der Waals surface area contributed by atoms with Crippen LogP contribution in [0.25, 0.3) is 10.9 Å². The van der Waals surface area contributed by atoms with Gasteiger partial charge in [-0.25, -0.2) is 4.79 Å². The third kappa shape index (κ3) is 3.43. The Bertz CT molecular complexity index is 628. The van der Waals surface area contributed by atoms with Crippen molar-refractivity contribution in [1.82, 2.24) is 4.98 Å². The molecule has 2 aromatic rings. The van der Waals surface area contributed by atoms with Crippen molar-refractivity contribution >= 4 is 16.9 Å². The number of H-pyrrole nitrogens is 1. The number of carboxylic acids is 1. The maximum Gasteiger partial charge on any atom is 0.335 e. The smallest absolute Gasteiger partial charge is 0.335 e. The van der Waals surface area contributed by atoms with Crippen molar-refractivity contribution in [3.05, 3.63) is 35.5 Å². The minimum absolute atomic E-state index is 0.0678. The van der Waals surface area contributed by atoms with Gasteiger partial charge in [-0.3, -0.25) is 0 Å². The minimum atomic E-state index is -0.905. The number of aromatic nitrogens is 1. The fourth-order valence-corrected chi connectivity index (χ4v) is 2.60. The Hall–Kier alpha value is -1.85. The van der Waals surface area contributed by atoms with Gasteiger partial charge in [-0.05, 0) is 43.5 Å². The molecular weight excluding hydrogens is 270 g/mol. The van der Waals surface area contributed by atoms with E-state index >= 15 is 0 Å². The van der Waals surface area contributed by atoms with Gasteiger partial charge in [0.2, 0.25) is 0 Å². The van der Waals surface area contributed by atoms with Gasteiger partial charge in [-0.15, -0.1) is 0 Å². The molecule has 1 atom stereocenters. The Morgan fingerprint density at radius 2 is 2.29 bits per heavy atom. The summed E-state index contributed by atoms with van der Waals surface area (Å²) in [6.07, 6.45) is 3.94. The van der Waals surface area contributed by atoms with Crippen LogP contribution >= 0.6 is 0 Å². The van der Waals surface area contributed by atoms with Crippen LogP contribution in [-0.2, 0) is 15.9 Å². The molecule has 1 aliphatic heterocycles. The molecule has 1 saturated heterocycles. The van der Waals surface area contributed by atoms with E-state index in [1.807, 2.05) is 6.07 Å². The summed E-state index contributed by atoms with van der Waals surface area (Å²) in [5.41, 5.74) is 2.30. The van der Waals surface area contributed by atoms with Crippen molar-refractivity contribution < 1.29 is 19.4 Å². The number of aromatic amines is 1. The van der Waals surface area contributed by atoms with Crippen LogP contribution in [0.2, 0.25) is 0 Å². The third-order valence-electron chi connectivity index (χ3n) is 3.74. The first-order valence-electron chi connectivity index (χ1n) is 7.30. The molecule has 1 aromatic carbocycles. The number of benzene rings is 1. The first-order valence-corrected chi connectivity index (χ1v) is 7.30. The first-order chi connectivity index (χ1) is 10.2.